The van der Waals surface area contributed by atoms with Crippen molar-refractivity contribution in [1.29, 1.82) is 0 Å². The molecule has 0 amide bonds. The molecule has 0 spiro atoms. The molecule has 5 heteroatoms. The van der Waals surface area contributed by atoms with Gasteiger partial charge in [0.2, 0.25) is 0 Å². The Kier molecular flexibility index (Phi) is 7.38. The van der Waals surface area contributed by atoms with Gasteiger partial charge in [-0.05, 0) is 65.0 Å². The summed E-state index contributed by atoms with van der Waals surface area (Å²) in [4.78, 5) is 0. The standard InChI is InChI=1S/C28H30F4O/c1-3-4-5-20-11-12-21(26(30)25(20)29)18-7-9-19(10-8-18)22-13-14-23(28(32)27(22)31)24-15-6-17(2)16-33-24/h3,7-14,17,24-28H,1,4-6,15-16H2,2H3. The summed E-state index contributed by atoms with van der Waals surface area (Å²) in [6.07, 6.45) is 3.40. The van der Waals surface area contributed by atoms with E-state index < -0.39 is 24.7 Å². The molecular formula is C28H30F4O. The molecule has 1 aliphatic heterocycles. The molecular weight excluding hydrogens is 428 g/mol. The van der Waals surface area contributed by atoms with E-state index in [1.165, 1.54) is 0 Å². The van der Waals surface area contributed by atoms with Crippen LogP contribution in [0.5, 0.6) is 0 Å². The molecule has 0 saturated carbocycles. The Morgan fingerprint density at radius 3 is 2.03 bits per heavy atom. The van der Waals surface area contributed by atoms with E-state index >= 15 is 4.39 Å². The molecule has 33 heavy (non-hydrogen) atoms. The van der Waals surface area contributed by atoms with Crippen LogP contribution in [-0.2, 0) is 4.74 Å². The summed E-state index contributed by atoms with van der Waals surface area (Å²) in [6, 6.07) is 6.54. The normalized spacial score (nSPS) is 32.4. The van der Waals surface area contributed by atoms with Crippen molar-refractivity contribution in [3.8, 4) is 0 Å². The van der Waals surface area contributed by atoms with Crippen LogP contribution in [0.2, 0.25) is 0 Å². The first-order valence-electron chi connectivity index (χ1n) is 11.6. The van der Waals surface area contributed by atoms with Gasteiger partial charge in [-0.1, -0.05) is 61.6 Å². The number of allylic oxidation sites excluding steroid dienone is 8. The van der Waals surface area contributed by atoms with E-state index in [-0.39, 0.29) is 17.3 Å². The second kappa shape index (κ2) is 10.3. The van der Waals surface area contributed by atoms with Crippen molar-refractivity contribution in [2.45, 2.75) is 63.4 Å². The largest absolute Gasteiger partial charge is 0.373 e. The highest BCUT2D eigenvalue weighted by molar-refractivity contribution is 5.77. The van der Waals surface area contributed by atoms with Crippen molar-refractivity contribution >= 4 is 11.1 Å². The van der Waals surface area contributed by atoms with Gasteiger partial charge in [-0.2, -0.15) is 0 Å². The second-order valence-corrected chi connectivity index (χ2v) is 9.17. The number of alkyl halides is 4. The molecule has 1 fully saturated rings. The van der Waals surface area contributed by atoms with Crippen LogP contribution in [0.3, 0.4) is 0 Å². The van der Waals surface area contributed by atoms with Gasteiger partial charge in [0.1, 0.15) is 0 Å². The van der Waals surface area contributed by atoms with Crippen molar-refractivity contribution in [3.63, 3.8) is 0 Å². The van der Waals surface area contributed by atoms with Gasteiger partial charge in [-0.3, -0.25) is 0 Å². The number of halogens is 4. The Balaban J connectivity index is 1.53. The number of hydrogen-bond donors (Lipinski definition) is 0. The summed E-state index contributed by atoms with van der Waals surface area (Å²) in [6.45, 7) is 6.25. The fourth-order valence-electron chi connectivity index (χ4n) is 4.71. The van der Waals surface area contributed by atoms with Crippen LogP contribution in [0.4, 0.5) is 17.6 Å². The maximum Gasteiger partial charge on any atom is 0.161 e. The number of benzene rings is 1. The van der Waals surface area contributed by atoms with Crippen LogP contribution in [-0.4, -0.2) is 37.4 Å². The van der Waals surface area contributed by atoms with Crippen molar-refractivity contribution < 1.29 is 22.3 Å². The quantitative estimate of drug-likeness (QED) is 0.317. The molecule has 4 rings (SSSR count). The van der Waals surface area contributed by atoms with Gasteiger partial charge in [0.25, 0.3) is 0 Å². The molecule has 1 saturated heterocycles. The highest BCUT2D eigenvalue weighted by Crippen LogP contribution is 2.38. The lowest BCUT2D eigenvalue weighted by Gasteiger charge is -2.33. The molecule has 2 aliphatic carbocycles. The van der Waals surface area contributed by atoms with E-state index in [9.17, 15) is 13.2 Å². The molecule has 0 radical (unpaired) electrons. The van der Waals surface area contributed by atoms with E-state index in [0.717, 1.165) is 6.42 Å². The van der Waals surface area contributed by atoms with Crippen LogP contribution in [0.15, 0.2) is 72.4 Å². The predicted molar refractivity (Wildman–Crippen MR) is 126 cm³/mol. The molecule has 6 atom stereocenters. The van der Waals surface area contributed by atoms with E-state index in [4.69, 9.17) is 4.74 Å². The molecule has 0 N–H and O–H groups in total. The third-order valence-electron chi connectivity index (χ3n) is 6.78. The van der Waals surface area contributed by atoms with Crippen LogP contribution < -0.4 is 0 Å². The van der Waals surface area contributed by atoms with E-state index in [2.05, 4.69) is 13.5 Å². The van der Waals surface area contributed by atoms with Crippen LogP contribution in [0, 0.1) is 5.92 Å². The highest BCUT2D eigenvalue weighted by Gasteiger charge is 2.37. The Morgan fingerprint density at radius 2 is 1.45 bits per heavy atom. The maximum atomic E-state index is 15.0. The molecule has 1 aromatic rings. The second-order valence-electron chi connectivity index (χ2n) is 9.17. The van der Waals surface area contributed by atoms with E-state index in [0.29, 0.717) is 54.1 Å². The Hall–Kier alpha value is -2.40. The molecule has 0 bridgehead atoms. The van der Waals surface area contributed by atoms with E-state index in [1.807, 2.05) is 0 Å². The van der Waals surface area contributed by atoms with E-state index in [1.54, 1.807) is 54.6 Å². The van der Waals surface area contributed by atoms with Gasteiger partial charge in [-0.25, -0.2) is 17.6 Å². The summed E-state index contributed by atoms with van der Waals surface area (Å²) in [5.41, 5.74) is 2.32. The van der Waals surface area contributed by atoms with Crippen molar-refractivity contribution in [3.05, 3.63) is 83.5 Å². The van der Waals surface area contributed by atoms with Gasteiger partial charge in [-0.15, -0.1) is 6.58 Å². The van der Waals surface area contributed by atoms with Crippen molar-refractivity contribution in [2.75, 3.05) is 6.61 Å². The SMILES string of the molecule is C=CCCC1=CC=C(c2ccc(C3=CC=C(C4CCC(C)CO4)C(F)C3F)cc2)C(F)C1F. The summed E-state index contributed by atoms with van der Waals surface area (Å²) < 4.78 is 65.1. The summed E-state index contributed by atoms with van der Waals surface area (Å²) in [7, 11) is 0. The van der Waals surface area contributed by atoms with Gasteiger partial charge in [0, 0.05) is 6.61 Å². The molecule has 6 unspecified atom stereocenters. The Labute approximate surface area is 193 Å². The minimum atomic E-state index is -1.80. The average Bonchev–Trinajstić information content (AvgIpc) is 2.83. The smallest absolute Gasteiger partial charge is 0.161 e. The zero-order chi connectivity index (χ0) is 23.5. The first kappa shape index (κ1) is 23.7. The minimum Gasteiger partial charge on any atom is -0.373 e. The van der Waals surface area contributed by atoms with Crippen LogP contribution in [0.25, 0.3) is 11.1 Å². The summed E-state index contributed by atoms with van der Waals surface area (Å²) >= 11 is 0. The molecule has 1 heterocycles. The summed E-state index contributed by atoms with van der Waals surface area (Å²) in [5, 5.41) is 0. The first-order valence-corrected chi connectivity index (χ1v) is 11.6. The maximum absolute atomic E-state index is 15.0. The molecule has 1 aromatic carbocycles. The van der Waals surface area contributed by atoms with Gasteiger partial charge in [0.05, 0.1) is 6.10 Å². The van der Waals surface area contributed by atoms with Gasteiger partial charge < -0.3 is 4.74 Å². The monoisotopic (exact) mass is 458 g/mol. The third-order valence-corrected chi connectivity index (χ3v) is 6.78. The Bertz CT molecular complexity index is 980. The molecule has 3 aliphatic rings. The minimum absolute atomic E-state index is 0.242. The lowest BCUT2D eigenvalue weighted by molar-refractivity contribution is 0.000360. The fourth-order valence-corrected chi connectivity index (χ4v) is 4.71. The van der Waals surface area contributed by atoms with Crippen molar-refractivity contribution in [2.24, 2.45) is 5.92 Å². The number of ether oxygens (including phenoxy) is 1. The van der Waals surface area contributed by atoms with Crippen molar-refractivity contribution in [1.82, 2.24) is 0 Å². The number of rotatable bonds is 6. The van der Waals surface area contributed by atoms with Crippen LogP contribution >= 0.6 is 0 Å². The first-order chi connectivity index (χ1) is 15.9. The zero-order valence-corrected chi connectivity index (χ0v) is 18.8. The lowest BCUT2D eigenvalue weighted by atomic mass is 9.84. The fraction of sp³-hybridized carbons (Fsp3) is 0.429. The average molecular weight is 459 g/mol. The topological polar surface area (TPSA) is 9.23 Å². The summed E-state index contributed by atoms with van der Waals surface area (Å²) in [5.74, 6) is 0.430. The molecule has 1 nitrogen and oxygen atoms in total. The van der Waals surface area contributed by atoms with Gasteiger partial charge in [0.15, 0.2) is 24.7 Å². The Morgan fingerprint density at radius 1 is 0.848 bits per heavy atom. The zero-order valence-electron chi connectivity index (χ0n) is 18.8. The van der Waals surface area contributed by atoms with Crippen LogP contribution in [0.1, 0.15) is 43.7 Å². The highest BCUT2D eigenvalue weighted by atomic mass is 19.2. The van der Waals surface area contributed by atoms with Gasteiger partial charge >= 0.3 is 0 Å². The molecule has 0 aromatic heterocycles. The predicted octanol–water partition coefficient (Wildman–Crippen LogP) is 7.47. The lowest BCUT2D eigenvalue weighted by Crippen LogP contribution is -2.34. The third kappa shape index (κ3) is 4.93. The number of hydrogen-bond acceptors (Lipinski definition) is 1. The molecule has 176 valence electrons.